The molecule has 4 nitrogen and oxygen atoms in total. The Hall–Kier alpha value is -2.59. The molecule has 118 valence electrons. The van der Waals surface area contributed by atoms with Gasteiger partial charge in [0, 0.05) is 13.1 Å². The minimum atomic E-state index is -0.395. The molecular formula is C19H20N2O2. The van der Waals surface area contributed by atoms with Gasteiger partial charge in [-0.3, -0.25) is 9.69 Å². The number of aromatic hydroxyl groups is 1. The van der Waals surface area contributed by atoms with Crippen molar-refractivity contribution in [2.75, 3.05) is 13.1 Å². The Morgan fingerprint density at radius 3 is 2.35 bits per heavy atom. The van der Waals surface area contributed by atoms with Gasteiger partial charge in [-0.1, -0.05) is 48.5 Å². The van der Waals surface area contributed by atoms with Gasteiger partial charge in [0.2, 0.25) is 5.91 Å². The second-order valence-corrected chi connectivity index (χ2v) is 5.74. The number of nitrogens with two attached hydrogens (primary N) is 1. The lowest BCUT2D eigenvalue weighted by Gasteiger charge is -2.32. The Morgan fingerprint density at radius 2 is 1.78 bits per heavy atom. The summed E-state index contributed by atoms with van der Waals surface area (Å²) in [6.07, 6.45) is 2.98. The topological polar surface area (TPSA) is 66.6 Å². The third-order valence-electron chi connectivity index (χ3n) is 4.23. The van der Waals surface area contributed by atoms with Gasteiger partial charge in [-0.2, -0.15) is 0 Å². The van der Waals surface area contributed by atoms with Crippen molar-refractivity contribution in [2.24, 2.45) is 5.73 Å². The van der Waals surface area contributed by atoms with Gasteiger partial charge in [0.05, 0.1) is 0 Å². The lowest BCUT2D eigenvalue weighted by atomic mass is 9.96. The first-order chi connectivity index (χ1) is 11.1. The molecule has 1 heterocycles. The Kier molecular flexibility index (Phi) is 4.44. The zero-order valence-corrected chi connectivity index (χ0v) is 12.9. The number of rotatable bonds is 4. The summed E-state index contributed by atoms with van der Waals surface area (Å²) < 4.78 is 0. The lowest BCUT2D eigenvalue weighted by Crippen LogP contribution is -2.40. The van der Waals surface area contributed by atoms with Crippen molar-refractivity contribution < 1.29 is 9.90 Å². The summed E-state index contributed by atoms with van der Waals surface area (Å²) in [5, 5.41) is 9.38. The largest absolute Gasteiger partial charge is 0.508 e. The molecule has 1 aliphatic heterocycles. The third-order valence-corrected chi connectivity index (χ3v) is 4.23. The van der Waals surface area contributed by atoms with E-state index in [1.54, 1.807) is 12.1 Å². The monoisotopic (exact) mass is 308 g/mol. The lowest BCUT2D eigenvalue weighted by molar-refractivity contribution is -0.123. The molecule has 0 radical (unpaired) electrons. The van der Waals surface area contributed by atoms with Crippen molar-refractivity contribution in [3.05, 3.63) is 71.8 Å². The fraction of sp³-hybridized carbons (Fsp3) is 0.211. The van der Waals surface area contributed by atoms with Crippen molar-refractivity contribution in [1.29, 1.82) is 0 Å². The van der Waals surface area contributed by atoms with Crippen LogP contribution in [0.25, 0.3) is 5.57 Å². The van der Waals surface area contributed by atoms with Crippen LogP contribution in [0.5, 0.6) is 5.75 Å². The molecule has 2 aromatic rings. The Labute approximate surface area is 135 Å². The smallest absolute Gasteiger partial charge is 0.239 e. The minimum absolute atomic E-state index is 0.268. The fourth-order valence-electron chi connectivity index (χ4n) is 3.05. The first kappa shape index (κ1) is 15.3. The number of hydrogen-bond acceptors (Lipinski definition) is 3. The molecule has 4 heteroatoms. The molecule has 0 fully saturated rings. The maximum atomic E-state index is 11.9. The molecule has 1 unspecified atom stereocenters. The van der Waals surface area contributed by atoms with Crippen LogP contribution in [0.1, 0.15) is 23.6 Å². The summed E-state index contributed by atoms with van der Waals surface area (Å²) in [7, 11) is 0. The molecule has 1 aliphatic rings. The van der Waals surface area contributed by atoms with Crippen molar-refractivity contribution >= 4 is 11.5 Å². The number of amides is 1. The van der Waals surface area contributed by atoms with Gasteiger partial charge in [-0.25, -0.2) is 0 Å². The number of nitrogens with zero attached hydrogens (tertiary/aromatic N) is 1. The summed E-state index contributed by atoms with van der Waals surface area (Å²) in [5.74, 6) is -0.0534. The van der Waals surface area contributed by atoms with E-state index in [2.05, 4.69) is 11.0 Å². The summed E-state index contributed by atoms with van der Waals surface area (Å²) >= 11 is 0. The number of carbonyl (C=O) groups excluding carboxylic acids is 1. The van der Waals surface area contributed by atoms with E-state index in [0.717, 1.165) is 24.1 Å². The predicted octanol–water partition coefficient (Wildman–Crippen LogP) is 2.71. The van der Waals surface area contributed by atoms with Crippen LogP contribution < -0.4 is 5.73 Å². The summed E-state index contributed by atoms with van der Waals surface area (Å²) in [6, 6.07) is 16.5. The van der Waals surface area contributed by atoms with E-state index < -0.39 is 6.04 Å². The average Bonchev–Trinajstić information content (AvgIpc) is 2.57. The molecule has 3 rings (SSSR count). The maximum absolute atomic E-state index is 11.9. The van der Waals surface area contributed by atoms with Gasteiger partial charge in [0.1, 0.15) is 11.8 Å². The van der Waals surface area contributed by atoms with Crippen LogP contribution in [0.3, 0.4) is 0 Å². The predicted molar refractivity (Wildman–Crippen MR) is 90.7 cm³/mol. The normalized spacial score (nSPS) is 16.6. The molecule has 23 heavy (non-hydrogen) atoms. The highest BCUT2D eigenvalue weighted by Gasteiger charge is 2.27. The van der Waals surface area contributed by atoms with E-state index in [9.17, 15) is 9.90 Å². The summed E-state index contributed by atoms with van der Waals surface area (Å²) in [4.78, 5) is 14.0. The molecule has 3 N–H and O–H groups in total. The SMILES string of the molecule is NC(=O)C(c1ccccc1)N1CC=C(c2ccc(O)cc2)CC1. The van der Waals surface area contributed by atoms with E-state index in [1.807, 2.05) is 42.5 Å². The van der Waals surface area contributed by atoms with Gasteiger partial charge >= 0.3 is 0 Å². The fourth-order valence-corrected chi connectivity index (χ4v) is 3.05. The molecule has 2 aromatic carbocycles. The van der Waals surface area contributed by atoms with Gasteiger partial charge in [-0.05, 0) is 35.3 Å². The zero-order valence-electron chi connectivity index (χ0n) is 12.9. The number of primary amides is 1. The van der Waals surface area contributed by atoms with E-state index in [1.165, 1.54) is 5.57 Å². The second kappa shape index (κ2) is 6.67. The van der Waals surface area contributed by atoms with Crippen LogP contribution in [-0.4, -0.2) is 29.0 Å². The summed E-state index contributed by atoms with van der Waals surface area (Å²) in [5.41, 5.74) is 8.91. The number of hydrogen-bond donors (Lipinski definition) is 2. The van der Waals surface area contributed by atoms with Crippen LogP contribution in [-0.2, 0) is 4.79 Å². The second-order valence-electron chi connectivity index (χ2n) is 5.74. The Morgan fingerprint density at radius 1 is 1.09 bits per heavy atom. The number of carbonyl (C=O) groups is 1. The molecule has 0 aromatic heterocycles. The first-order valence-corrected chi connectivity index (χ1v) is 7.72. The molecule has 0 saturated heterocycles. The van der Waals surface area contributed by atoms with Crippen LogP contribution in [0.4, 0.5) is 0 Å². The van der Waals surface area contributed by atoms with Crippen molar-refractivity contribution in [1.82, 2.24) is 4.90 Å². The molecule has 0 aliphatic carbocycles. The van der Waals surface area contributed by atoms with Gasteiger partial charge < -0.3 is 10.8 Å². The Bertz CT molecular complexity index is 708. The quantitative estimate of drug-likeness (QED) is 0.912. The highest BCUT2D eigenvalue weighted by Crippen LogP contribution is 2.28. The highest BCUT2D eigenvalue weighted by atomic mass is 16.3. The zero-order chi connectivity index (χ0) is 16.2. The van der Waals surface area contributed by atoms with Gasteiger partial charge in [0.15, 0.2) is 0 Å². The van der Waals surface area contributed by atoms with Crippen molar-refractivity contribution in [2.45, 2.75) is 12.5 Å². The van der Waals surface area contributed by atoms with Crippen LogP contribution in [0, 0.1) is 0 Å². The number of benzene rings is 2. The molecular weight excluding hydrogens is 288 g/mol. The first-order valence-electron chi connectivity index (χ1n) is 7.72. The highest BCUT2D eigenvalue weighted by molar-refractivity contribution is 5.81. The van der Waals surface area contributed by atoms with Crippen LogP contribution in [0.15, 0.2) is 60.7 Å². The third kappa shape index (κ3) is 3.43. The van der Waals surface area contributed by atoms with Crippen LogP contribution >= 0.6 is 0 Å². The molecule has 1 atom stereocenters. The molecule has 1 amide bonds. The standard InChI is InChI=1S/C19H20N2O2/c20-19(23)18(16-4-2-1-3-5-16)21-12-10-15(11-13-21)14-6-8-17(22)9-7-14/h1-10,18,22H,11-13H2,(H2,20,23). The Balaban J connectivity index is 1.78. The number of phenols is 1. The van der Waals surface area contributed by atoms with E-state index in [-0.39, 0.29) is 11.7 Å². The average molecular weight is 308 g/mol. The van der Waals surface area contributed by atoms with E-state index in [4.69, 9.17) is 5.73 Å². The molecule has 0 saturated carbocycles. The maximum Gasteiger partial charge on any atom is 0.239 e. The molecule has 0 spiro atoms. The molecule has 0 bridgehead atoms. The van der Waals surface area contributed by atoms with Crippen LogP contribution in [0.2, 0.25) is 0 Å². The van der Waals surface area contributed by atoms with Gasteiger partial charge in [0.25, 0.3) is 0 Å². The van der Waals surface area contributed by atoms with E-state index in [0.29, 0.717) is 6.54 Å². The van der Waals surface area contributed by atoms with Crippen molar-refractivity contribution in [3.8, 4) is 5.75 Å². The minimum Gasteiger partial charge on any atom is -0.508 e. The number of phenolic OH excluding ortho intramolecular Hbond substituents is 1. The summed E-state index contributed by atoms with van der Waals surface area (Å²) in [6.45, 7) is 1.45. The van der Waals surface area contributed by atoms with Gasteiger partial charge in [-0.15, -0.1) is 0 Å². The van der Waals surface area contributed by atoms with E-state index >= 15 is 0 Å². The van der Waals surface area contributed by atoms with Crippen molar-refractivity contribution in [3.63, 3.8) is 0 Å².